The van der Waals surface area contributed by atoms with Crippen molar-refractivity contribution in [1.29, 1.82) is 0 Å². The molecule has 1 saturated heterocycles. The summed E-state index contributed by atoms with van der Waals surface area (Å²) in [4.78, 5) is 39.2. The molecule has 2 aliphatic heterocycles. The molecule has 40 heavy (non-hydrogen) atoms. The van der Waals surface area contributed by atoms with E-state index >= 15 is 0 Å². The molecule has 3 aromatic rings. The predicted molar refractivity (Wildman–Crippen MR) is 157 cm³/mol. The highest BCUT2D eigenvalue weighted by atomic mass is 16.5. The van der Waals surface area contributed by atoms with Crippen molar-refractivity contribution in [3.63, 3.8) is 0 Å². The van der Waals surface area contributed by atoms with Gasteiger partial charge in [0, 0.05) is 37.4 Å². The van der Waals surface area contributed by atoms with Gasteiger partial charge in [-0.3, -0.25) is 9.59 Å². The molecule has 10 nitrogen and oxygen atoms in total. The molecule has 2 amide bonds. The molecule has 1 fully saturated rings. The third-order valence-corrected chi connectivity index (χ3v) is 7.31. The Bertz CT molecular complexity index is 1370. The van der Waals surface area contributed by atoms with Gasteiger partial charge in [0.25, 0.3) is 5.91 Å². The number of hydrogen-bond donors (Lipinski definition) is 3. The molecule has 10 heteroatoms. The van der Waals surface area contributed by atoms with E-state index in [9.17, 15) is 9.59 Å². The number of ether oxygens (including phenoxy) is 1. The first-order valence-corrected chi connectivity index (χ1v) is 13.5. The SMILES string of the molecule is C=CCC1CN(c2ccccc2)c2nc(Nc3ccc(C(=O)N[C@H]4CCCNC4)cc3OC)ncc2N(C)C1=O. The van der Waals surface area contributed by atoms with Crippen LogP contribution in [0.3, 0.4) is 0 Å². The van der Waals surface area contributed by atoms with E-state index in [2.05, 4.69) is 27.5 Å². The van der Waals surface area contributed by atoms with Gasteiger partial charge in [-0.05, 0) is 56.1 Å². The van der Waals surface area contributed by atoms with Gasteiger partial charge >= 0.3 is 0 Å². The van der Waals surface area contributed by atoms with E-state index in [4.69, 9.17) is 9.72 Å². The van der Waals surface area contributed by atoms with Crippen LogP contribution in [0.2, 0.25) is 0 Å². The van der Waals surface area contributed by atoms with Gasteiger partial charge < -0.3 is 30.5 Å². The van der Waals surface area contributed by atoms with E-state index in [1.807, 2.05) is 35.2 Å². The van der Waals surface area contributed by atoms with E-state index in [1.165, 1.54) is 0 Å². The van der Waals surface area contributed by atoms with E-state index in [0.717, 1.165) is 31.6 Å². The van der Waals surface area contributed by atoms with Crippen LogP contribution in [0.1, 0.15) is 29.6 Å². The van der Waals surface area contributed by atoms with E-state index in [0.29, 0.717) is 47.4 Å². The average Bonchev–Trinajstić information content (AvgIpc) is 3.09. The highest BCUT2D eigenvalue weighted by Gasteiger charge is 2.33. The lowest BCUT2D eigenvalue weighted by Crippen LogP contribution is -2.45. The predicted octanol–water partition coefficient (Wildman–Crippen LogP) is 4.02. The molecule has 2 aliphatic rings. The zero-order valence-electron chi connectivity index (χ0n) is 22.9. The number of allylic oxidation sites excluding steroid dienone is 1. The van der Waals surface area contributed by atoms with Crippen LogP contribution in [0, 0.1) is 5.92 Å². The van der Waals surface area contributed by atoms with Crippen molar-refractivity contribution >= 4 is 40.6 Å². The number of methoxy groups -OCH3 is 1. The summed E-state index contributed by atoms with van der Waals surface area (Å²) in [6.07, 6.45) is 5.98. The molecule has 3 N–H and O–H groups in total. The Kier molecular flexibility index (Phi) is 8.26. The van der Waals surface area contributed by atoms with Crippen molar-refractivity contribution < 1.29 is 14.3 Å². The maximum atomic E-state index is 13.3. The topological polar surface area (TPSA) is 112 Å². The summed E-state index contributed by atoms with van der Waals surface area (Å²) in [6.45, 7) is 6.05. The van der Waals surface area contributed by atoms with Crippen LogP contribution in [-0.4, -0.2) is 61.6 Å². The highest BCUT2D eigenvalue weighted by molar-refractivity contribution is 6.00. The average molecular weight is 542 g/mol. The number of carbonyl (C=O) groups is 2. The van der Waals surface area contributed by atoms with Crippen molar-refractivity contribution in [2.45, 2.75) is 25.3 Å². The summed E-state index contributed by atoms with van der Waals surface area (Å²) in [5.41, 5.74) is 2.67. The Morgan fingerprint density at radius 1 is 1.25 bits per heavy atom. The number of fused-ring (bicyclic) bond motifs is 1. The largest absolute Gasteiger partial charge is 0.495 e. The van der Waals surface area contributed by atoms with Crippen LogP contribution in [0.4, 0.5) is 28.8 Å². The van der Waals surface area contributed by atoms with Gasteiger partial charge in [-0.1, -0.05) is 24.3 Å². The maximum Gasteiger partial charge on any atom is 0.251 e. The molecule has 1 unspecified atom stereocenters. The van der Waals surface area contributed by atoms with Crippen molar-refractivity contribution in [1.82, 2.24) is 20.6 Å². The minimum atomic E-state index is -0.281. The number of rotatable bonds is 8. The molecule has 1 aromatic heterocycles. The van der Waals surface area contributed by atoms with Gasteiger partial charge in [0.05, 0.1) is 24.9 Å². The zero-order valence-corrected chi connectivity index (χ0v) is 22.9. The van der Waals surface area contributed by atoms with Crippen LogP contribution in [-0.2, 0) is 4.79 Å². The first-order valence-electron chi connectivity index (χ1n) is 13.5. The van der Waals surface area contributed by atoms with Crippen molar-refractivity contribution in [2.24, 2.45) is 5.92 Å². The molecular weight excluding hydrogens is 506 g/mol. The molecule has 5 rings (SSSR count). The Morgan fingerprint density at radius 2 is 2.08 bits per heavy atom. The third kappa shape index (κ3) is 5.76. The molecule has 0 spiro atoms. The number of anilines is 5. The normalized spacial score (nSPS) is 18.9. The minimum Gasteiger partial charge on any atom is -0.495 e. The zero-order chi connectivity index (χ0) is 28.1. The summed E-state index contributed by atoms with van der Waals surface area (Å²) in [6, 6.07) is 15.2. The fourth-order valence-electron chi connectivity index (χ4n) is 5.15. The Labute approximate surface area is 234 Å². The second kappa shape index (κ2) is 12.2. The van der Waals surface area contributed by atoms with E-state index in [-0.39, 0.29) is 23.8 Å². The second-order valence-electron chi connectivity index (χ2n) is 10.0. The first kappa shape index (κ1) is 27.1. The molecule has 208 valence electrons. The number of carbonyl (C=O) groups excluding carboxylic acids is 2. The van der Waals surface area contributed by atoms with Gasteiger partial charge in [-0.15, -0.1) is 6.58 Å². The number of para-hydroxylation sites is 1. The van der Waals surface area contributed by atoms with Crippen LogP contribution < -0.4 is 30.5 Å². The van der Waals surface area contributed by atoms with Gasteiger partial charge in [0.2, 0.25) is 11.9 Å². The van der Waals surface area contributed by atoms with Gasteiger partial charge in [0.1, 0.15) is 11.4 Å². The molecule has 0 bridgehead atoms. The maximum absolute atomic E-state index is 13.3. The molecule has 0 aliphatic carbocycles. The summed E-state index contributed by atoms with van der Waals surface area (Å²) < 4.78 is 5.61. The molecule has 2 aromatic carbocycles. The fraction of sp³-hybridized carbons (Fsp3) is 0.333. The fourth-order valence-corrected chi connectivity index (χ4v) is 5.15. The van der Waals surface area contributed by atoms with Crippen LogP contribution in [0.15, 0.2) is 67.4 Å². The number of piperidine rings is 1. The summed E-state index contributed by atoms with van der Waals surface area (Å²) in [5, 5.41) is 9.64. The van der Waals surface area contributed by atoms with E-state index in [1.54, 1.807) is 49.5 Å². The number of benzene rings is 2. The molecular formula is C30H35N7O3. The smallest absolute Gasteiger partial charge is 0.251 e. The Hall–Kier alpha value is -4.44. The number of aromatic nitrogens is 2. The lowest BCUT2D eigenvalue weighted by Gasteiger charge is -2.25. The number of amides is 2. The summed E-state index contributed by atoms with van der Waals surface area (Å²) in [7, 11) is 3.31. The third-order valence-electron chi connectivity index (χ3n) is 7.31. The number of nitrogens with zero attached hydrogens (tertiary/aromatic N) is 4. The van der Waals surface area contributed by atoms with Crippen LogP contribution >= 0.6 is 0 Å². The van der Waals surface area contributed by atoms with Crippen molar-refractivity contribution in [3.05, 3.63) is 72.9 Å². The number of hydrogen-bond acceptors (Lipinski definition) is 8. The monoisotopic (exact) mass is 541 g/mol. The second-order valence-corrected chi connectivity index (χ2v) is 10.0. The van der Waals surface area contributed by atoms with E-state index < -0.39 is 0 Å². The summed E-state index contributed by atoms with van der Waals surface area (Å²) in [5.74, 6) is 1.01. The lowest BCUT2D eigenvalue weighted by molar-refractivity contribution is -0.121. The van der Waals surface area contributed by atoms with Gasteiger partial charge in [-0.2, -0.15) is 4.98 Å². The minimum absolute atomic E-state index is 0.0107. The molecule has 0 radical (unpaired) electrons. The number of nitrogens with one attached hydrogen (secondary N) is 3. The standard InChI is InChI=1S/C30H35N7O3/c1-4-9-21-19-37(23-11-6-5-7-12-23)27-25(36(2)29(21)39)18-32-30(35-27)34-24-14-13-20(16-26(24)40-3)28(38)33-22-10-8-15-31-17-22/h4-7,11-14,16,18,21-22,31H,1,8-10,15,17,19H2,2-3H3,(H,33,38)(H,32,34,35)/t21?,22-/m0/s1. The molecule has 2 atom stereocenters. The quantitative estimate of drug-likeness (QED) is 0.367. The molecule has 3 heterocycles. The highest BCUT2D eigenvalue weighted by Crippen LogP contribution is 2.38. The summed E-state index contributed by atoms with van der Waals surface area (Å²) >= 11 is 0. The molecule has 0 saturated carbocycles. The Balaban J connectivity index is 1.44. The van der Waals surface area contributed by atoms with Crippen LogP contribution in [0.25, 0.3) is 0 Å². The first-order chi connectivity index (χ1) is 19.5. The Morgan fingerprint density at radius 3 is 2.80 bits per heavy atom. The van der Waals surface area contributed by atoms with Gasteiger partial charge in [-0.25, -0.2) is 4.98 Å². The van der Waals surface area contributed by atoms with Crippen LogP contribution in [0.5, 0.6) is 5.75 Å². The van der Waals surface area contributed by atoms with Crippen molar-refractivity contribution in [2.75, 3.05) is 48.9 Å². The van der Waals surface area contributed by atoms with Gasteiger partial charge in [0.15, 0.2) is 5.82 Å². The lowest BCUT2D eigenvalue weighted by atomic mass is 10.0. The van der Waals surface area contributed by atoms with Crippen molar-refractivity contribution in [3.8, 4) is 5.75 Å².